The average Bonchev–Trinajstić information content (AvgIpc) is 2.80. The molecule has 1 aliphatic rings. The molecule has 0 saturated carbocycles. The van der Waals surface area contributed by atoms with E-state index in [1.54, 1.807) is 19.7 Å². The van der Waals surface area contributed by atoms with Crippen LogP contribution in [0.25, 0.3) is 0 Å². The maximum Gasteiger partial charge on any atom is 0.243 e. The van der Waals surface area contributed by atoms with Gasteiger partial charge in [0.25, 0.3) is 0 Å². The summed E-state index contributed by atoms with van der Waals surface area (Å²) in [5, 5.41) is 8.59. The van der Waals surface area contributed by atoms with Crippen molar-refractivity contribution in [2.24, 2.45) is 0 Å². The Morgan fingerprint density at radius 3 is 2.40 bits per heavy atom. The van der Waals surface area contributed by atoms with Gasteiger partial charge in [0, 0.05) is 19.4 Å². The Bertz CT molecular complexity index is 885. The van der Waals surface area contributed by atoms with Crippen molar-refractivity contribution in [2.45, 2.75) is 38.1 Å². The Morgan fingerprint density at radius 2 is 1.73 bits per heavy atom. The predicted molar refractivity (Wildman–Crippen MR) is 112 cm³/mol. The van der Waals surface area contributed by atoms with Gasteiger partial charge in [-0.05, 0) is 48.1 Å². The summed E-state index contributed by atoms with van der Waals surface area (Å²) in [6.45, 7) is 0.609. The molecule has 1 atom stereocenters. The Labute approximate surface area is 176 Å². The van der Waals surface area contributed by atoms with Gasteiger partial charge in [0.1, 0.15) is 0 Å². The minimum atomic E-state index is -0.433. The van der Waals surface area contributed by atoms with Crippen LogP contribution < -0.4 is 15.0 Å². The van der Waals surface area contributed by atoms with Gasteiger partial charge >= 0.3 is 0 Å². The van der Waals surface area contributed by atoms with Crippen molar-refractivity contribution in [1.29, 1.82) is 0 Å². The maximum atomic E-state index is 13.1. The van der Waals surface area contributed by atoms with Crippen molar-refractivity contribution < 1.29 is 24.3 Å². The molecule has 1 aliphatic heterocycles. The van der Waals surface area contributed by atoms with E-state index in [1.807, 2.05) is 47.4 Å². The van der Waals surface area contributed by atoms with Gasteiger partial charge in [-0.25, -0.2) is 5.48 Å². The summed E-state index contributed by atoms with van der Waals surface area (Å²) in [5.74, 6) is 0.942. The average molecular weight is 412 g/mol. The van der Waals surface area contributed by atoms with E-state index in [1.165, 1.54) is 0 Å². The molecule has 3 rings (SSSR count). The number of hydrogen-bond donors (Lipinski definition) is 2. The Morgan fingerprint density at radius 1 is 1.07 bits per heavy atom. The van der Waals surface area contributed by atoms with Crippen LogP contribution in [0.1, 0.15) is 48.4 Å². The van der Waals surface area contributed by atoms with E-state index in [-0.39, 0.29) is 18.4 Å². The molecule has 1 unspecified atom stereocenters. The number of benzene rings is 2. The van der Waals surface area contributed by atoms with Crippen LogP contribution in [0.3, 0.4) is 0 Å². The number of rotatable bonds is 8. The summed E-state index contributed by atoms with van der Waals surface area (Å²) in [6.07, 6.45) is 2.42. The summed E-state index contributed by atoms with van der Waals surface area (Å²) >= 11 is 0. The first-order valence-electron chi connectivity index (χ1n) is 10.1. The lowest BCUT2D eigenvalue weighted by molar-refractivity contribution is -0.134. The fourth-order valence-corrected chi connectivity index (χ4v) is 3.97. The molecule has 2 aromatic rings. The van der Waals surface area contributed by atoms with Gasteiger partial charge in [0.15, 0.2) is 11.5 Å². The van der Waals surface area contributed by atoms with Crippen LogP contribution in [0.4, 0.5) is 0 Å². The van der Waals surface area contributed by atoms with Crippen LogP contribution in [-0.4, -0.2) is 42.7 Å². The number of carbonyl (C=O) groups is 2. The summed E-state index contributed by atoms with van der Waals surface area (Å²) < 4.78 is 11.0. The van der Waals surface area contributed by atoms with Crippen LogP contribution in [-0.2, 0) is 16.0 Å². The highest BCUT2D eigenvalue weighted by Crippen LogP contribution is 2.41. The molecule has 0 fully saturated rings. The first-order chi connectivity index (χ1) is 14.6. The molecule has 30 heavy (non-hydrogen) atoms. The highest BCUT2D eigenvalue weighted by molar-refractivity contribution is 5.78. The van der Waals surface area contributed by atoms with E-state index in [0.717, 1.165) is 23.1 Å². The zero-order valence-corrected chi connectivity index (χ0v) is 17.4. The molecule has 0 aromatic heterocycles. The molecule has 2 N–H and O–H groups in total. The number of nitrogens with one attached hydrogen (secondary N) is 1. The lowest BCUT2D eigenvalue weighted by Gasteiger charge is -2.38. The van der Waals surface area contributed by atoms with Gasteiger partial charge in [-0.15, -0.1) is 0 Å². The number of unbranched alkanes of at least 4 members (excludes halogenated alkanes) is 1. The van der Waals surface area contributed by atoms with E-state index in [0.29, 0.717) is 37.3 Å². The van der Waals surface area contributed by atoms with Crippen molar-refractivity contribution >= 4 is 11.8 Å². The third-order valence-electron chi connectivity index (χ3n) is 5.48. The van der Waals surface area contributed by atoms with Crippen molar-refractivity contribution in [3.05, 3.63) is 59.2 Å². The van der Waals surface area contributed by atoms with Gasteiger partial charge in [-0.1, -0.05) is 30.3 Å². The van der Waals surface area contributed by atoms with Gasteiger partial charge in [0.05, 0.1) is 20.3 Å². The molecule has 2 aromatic carbocycles. The van der Waals surface area contributed by atoms with Gasteiger partial charge in [0.2, 0.25) is 11.8 Å². The zero-order chi connectivity index (χ0) is 21.5. The molecule has 1 heterocycles. The SMILES string of the molecule is COc1cc2c(cc1OC)C(c1ccccc1)N(C(=O)CCCCC(=O)NO)CC2. The van der Waals surface area contributed by atoms with E-state index in [4.69, 9.17) is 14.7 Å². The van der Waals surface area contributed by atoms with Gasteiger partial charge < -0.3 is 14.4 Å². The van der Waals surface area contributed by atoms with E-state index < -0.39 is 5.91 Å². The Hall–Kier alpha value is -3.06. The quantitative estimate of drug-likeness (QED) is 0.395. The van der Waals surface area contributed by atoms with Crippen molar-refractivity contribution in [1.82, 2.24) is 10.4 Å². The van der Waals surface area contributed by atoms with E-state index in [9.17, 15) is 9.59 Å². The molecule has 0 bridgehead atoms. The Balaban J connectivity index is 1.87. The molecule has 7 nitrogen and oxygen atoms in total. The number of fused-ring (bicyclic) bond motifs is 1. The summed E-state index contributed by atoms with van der Waals surface area (Å²) in [5.41, 5.74) is 4.84. The number of ether oxygens (including phenoxy) is 2. The molecule has 160 valence electrons. The monoisotopic (exact) mass is 412 g/mol. The molecule has 0 radical (unpaired) electrons. The highest BCUT2D eigenvalue weighted by atomic mass is 16.5. The molecular formula is C23H28N2O5. The zero-order valence-electron chi connectivity index (χ0n) is 17.4. The van der Waals surface area contributed by atoms with Crippen LogP contribution in [0, 0.1) is 0 Å². The number of hydrogen-bond acceptors (Lipinski definition) is 5. The van der Waals surface area contributed by atoms with Crippen LogP contribution in [0.2, 0.25) is 0 Å². The first kappa shape index (κ1) is 21.6. The Kier molecular flexibility index (Phi) is 7.30. The molecule has 0 spiro atoms. The second kappa shape index (κ2) is 10.1. The predicted octanol–water partition coefficient (Wildman–Crippen LogP) is 3.24. The minimum Gasteiger partial charge on any atom is -0.493 e. The lowest BCUT2D eigenvalue weighted by Crippen LogP contribution is -2.40. The van der Waals surface area contributed by atoms with Crippen molar-refractivity contribution in [3.8, 4) is 11.5 Å². The topological polar surface area (TPSA) is 88.1 Å². The van der Waals surface area contributed by atoms with E-state index in [2.05, 4.69) is 0 Å². The maximum absolute atomic E-state index is 13.1. The fourth-order valence-electron chi connectivity index (χ4n) is 3.97. The number of nitrogens with zero attached hydrogens (tertiary/aromatic N) is 1. The lowest BCUT2D eigenvalue weighted by atomic mass is 9.87. The third-order valence-corrected chi connectivity index (χ3v) is 5.48. The van der Waals surface area contributed by atoms with Crippen molar-refractivity contribution in [2.75, 3.05) is 20.8 Å². The smallest absolute Gasteiger partial charge is 0.243 e. The third kappa shape index (κ3) is 4.74. The molecule has 0 aliphatic carbocycles. The normalized spacial score (nSPS) is 15.3. The van der Waals surface area contributed by atoms with Crippen LogP contribution in [0.15, 0.2) is 42.5 Å². The highest BCUT2D eigenvalue weighted by Gasteiger charge is 2.32. The van der Waals surface area contributed by atoms with E-state index >= 15 is 0 Å². The number of amides is 2. The summed E-state index contributed by atoms with van der Waals surface area (Å²) in [6, 6.07) is 13.7. The number of methoxy groups -OCH3 is 2. The summed E-state index contributed by atoms with van der Waals surface area (Å²) in [7, 11) is 3.23. The largest absolute Gasteiger partial charge is 0.493 e. The fraction of sp³-hybridized carbons (Fsp3) is 0.391. The second-order valence-electron chi connectivity index (χ2n) is 7.30. The van der Waals surface area contributed by atoms with Gasteiger partial charge in [-0.2, -0.15) is 0 Å². The van der Waals surface area contributed by atoms with Crippen LogP contribution >= 0.6 is 0 Å². The van der Waals surface area contributed by atoms with Gasteiger partial charge in [-0.3, -0.25) is 14.8 Å². The van der Waals surface area contributed by atoms with Crippen molar-refractivity contribution in [3.63, 3.8) is 0 Å². The molecule has 7 heteroatoms. The number of carbonyl (C=O) groups excluding carboxylic acids is 2. The van der Waals surface area contributed by atoms with Crippen LogP contribution in [0.5, 0.6) is 11.5 Å². The minimum absolute atomic E-state index is 0.0497. The number of hydroxylamine groups is 1. The summed E-state index contributed by atoms with van der Waals surface area (Å²) in [4.78, 5) is 26.2. The standard InChI is InChI=1S/C23H28N2O5/c1-29-19-14-17-12-13-25(22(27)11-7-6-10-21(26)24-28)23(16-8-4-3-5-9-16)18(17)15-20(19)30-2/h3-5,8-9,14-15,23,28H,6-7,10-13H2,1-2H3,(H,24,26). The second-order valence-corrected chi connectivity index (χ2v) is 7.30. The molecular weight excluding hydrogens is 384 g/mol. The molecule has 0 saturated heterocycles. The first-order valence-corrected chi connectivity index (χ1v) is 10.1. The molecule has 2 amide bonds.